The first kappa shape index (κ1) is 15.7. The Hall–Kier alpha value is -1.70. The number of halogens is 7. The number of nitrogens with zero attached hydrogens (tertiary/aromatic N) is 1. The first-order valence-corrected chi connectivity index (χ1v) is 5.96. The van der Waals surface area contributed by atoms with E-state index in [0.717, 1.165) is 12.3 Å². The van der Waals surface area contributed by atoms with Gasteiger partial charge in [-0.25, -0.2) is 0 Å². The number of benzene rings is 1. The molecule has 2 aromatic rings. The van der Waals surface area contributed by atoms with Crippen LogP contribution in [0.3, 0.4) is 0 Å². The van der Waals surface area contributed by atoms with E-state index in [-0.39, 0.29) is 23.2 Å². The average molecular weight is 330 g/mol. The first-order chi connectivity index (χ1) is 9.64. The summed E-state index contributed by atoms with van der Waals surface area (Å²) in [5.74, 6) is -0.232. The lowest BCUT2D eigenvalue weighted by Crippen LogP contribution is -2.12. The van der Waals surface area contributed by atoms with Gasteiger partial charge in [0, 0.05) is 5.56 Å². The lowest BCUT2D eigenvalue weighted by molar-refractivity contribution is -0.142. The van der Waals surface area contributed by atoms with E-state index in [1.807, 2.05) is 0 Å². The standard InChI is InChI=1S/C12H6ClF6NO/c13-4-10-8(5-21-20-10)7-2-1-6(11(14,15)16)3-9(7)12(17,18)19/h1-3,5H,4H2. The Morgan fingerprint density at radius 3 is 2.19 bits per heavy atom. The predicted molar refractivity (Wildman–Crippen MR) is 61.5 cm³/mol. The fourth-order valence-electron chi connectivity index (χ4n) is 1.77. The molecule has 0 aliphatic rings. The van der Waals surface area contributed by atoms with Gasteiger partial charge in [0.05, 0.1) is 17.0 Å². The fourth-order valence-corrected chi connectivity index (χ4v) is 1.96. The molecule has 0 fully saturated rings. The van der Waals surface area contributed by atoms with Crippen LogP contribution >= 0.6 is 11.6 Å². The van der Waals surface area contributed by atoms with Crippen LogP contribution in [-0.2, 0) is 18.2 Å². The Balaban J connectivity index is 2.67. The van der Waals surface area contributed by atoms with Crippen LogP contribution in [0, 0.1) is 0 Å². The van der Waals surface area contributed by atoms with Crippen molar-refractivity contribution in [2.75, 3.05) is 0 Å². The second-order valence-electron chi connectivity index (χ2n) is 4.06. The van der Waals surface area contributed by atoms with Gasteiger partial charge in [0.2, 0.25) is 0 Å². The van der Waals surface area contributed by atoms with E-state index in [0.29, 0.717) is 6.07 Å². The Morgan fingerprint density at radius 2 is 1.67 bits per heavy atom. The molecule has 0 spiro atoms. The summed E-state index contributed by atoms with van der Waals surface area (Å²) in [6.07, 6.45) is -8.92. The maximum Gasteiger partial charge on any atom is 0.417 e. The zero-order valence-corrected chi connectivity index (χ0v) is 10.8. The molecule has 0 saturated carbocycles. The zero-order chi connectivity index (χ0) is 15.8. The lowest BCUT2D eigenvalue weighted by atomic mass is 9.97. The van der Waals surface area contributed by atoms with Gasteiger partial charge in [0.1, 0.15) is 12.0 Å². The smallest absolute Gasteiger partial charge is 0.364 e. The van der Waals surface area contributed by atoms with Gasteiger partial charge >= 0.3 is 12.4 Å². The maximum atomic E-state index is 13.0. The molecule has 0 aliphatic carbocycles. The Kier molecular flexibility index (Phi) is 3.92. The molecular formula is C12H6ClF6NO. The van der Waals surface area contributed by atoms with E-state index in [4.69, 9.17) is 11.6 Å². The minimum Gasteiger partial charge on any atom is -0.364 e. The molecule has 114 valence electrons. The Labute approximate surface area is 119 Å². The summed E-state index contributed by atoms with van der Waals surface area (Å²) in [5.41, 5.74) is -3.35. The molecule has 21 heavy (non-hydrogen) atoms. The number of aromatic nitrogens is 1. The largest absolute Gasteiger partial charge is 0.417 e. The molecule has 0 amide bonds. The van der Waals surface area contributed by atoms with E-state index in [2.05, 4.69) is 9.68 Å². The highest BCUT2D eigenvalue weighted by atomic mass is 35.5. The number of hydrogen-bond acceptors (Lipinski definition) is 2. The second kappa shape index (κ2) is 5.25. The third-order valence-corrected chi connectivity index (χ3v) is 2.97. The van der Waals surface area contributed by atoms with Crippen molar-refractivity contribution < 1.29 is 30.9 Å². The van der Waals surface area contributed by atoms with Gasteiger partial charge in [-0.2, -0.15) is 26.3 Å². The molecular weight excluding hydrogens is 324 g/mol. The molecule has 1 heterocycles. The summed E-state index contributed by atoms with van der Waals surface area (Å²) in [6.45, 7) is 0. The summed E-state index contributed by atoms with van der Waals surface area (Å²) >= 11 is 5.51. The van der Waals surface area contributed by atoms with Gasteiger partial charge in [-0.1, -0.05) is 11.2 Å². The fraction of sp³-hybridized carbons (Fsp3) is 0.250. The molecule has 0 aliphatic heterocycles. The highest BCUT2D eigenvalue weighted by Gasteiger charge is 2.38. The summed E-state index contributed by atoms with van der Waals surface area (Å²) in [5, 5.41) is 3.41. The van der Waals surface area contributed by atoms with Gasteiger partial charge in [-0.05, 0) is 17.7 Å². The molecule has 0 bridgehead atoms. The molecule has 0 saturated heterocycles. The first-order valence-electron chi connectivity index (χ1n) is 5.42. The van der Waals surface area contributed by atoms with E-state index in [1.54, 1.807) is 0 Å². The van der Waals surface area contributed by atoms with Crippen molar-refractivity contribution in [3.63, 3.8) is 0 Å². The lowest BCUT2D eigenvalue weighted by Gasteiger charge is -2.15. The van der Waals surface area contributed by atoms with Crippen LogP contribution in [0.25, 0.3) is 11.1 Å². The molecule has 1 aromatic heterocycles. The molecule has 1 aromatic carbocycles. The van der Waals surface area contributed by atoms with Gasteiger partial charge in [-0.15, -0.1) is 11.6 Å². The highest BCUT2D eigenvalue weighted by Crippen LogP contribution is 2.41. The Bertz CT molecular complexity index is 646. The van der Waals surface area contributed by atoms with E-state index < -0.39 is 29.0 Å². The van der Waals surface area contributed by atoms with Crippen LogP contribution in [0.4, 0.5) is 26.3 Å². The van der Waals surface area contributed by atoms with Crippen LogP contribution < -0.4 is 0 Å². The Morgan fingerprint density at radius 1 is 1.00 bits per heavy atom. The van der Waals surface area contributed by atoms with Gasteiger partial charge in [0.15, 0.2) is 0 Å². The summed E-state index contributed by atoms with van der Waals surface area (Å²) in [4.78, 5) is 0. The van der Waals surface area contributed by atoms with Crippen molar-refractivity contribution in [3.8, 4) is 11.1 Å². The zero-order valence-electron chi connectivity index (χ0n) is 10.0. The number of rotatable bonds is 2. The minimum atomic E-state index is -4.96. The summed E-state index contributed by atoms with van der Waals surface area (Å²) < 4.78 is 81.2. The van der Waals surface area contributed by atoms with Crippen molar-refractivity contribution in [2.24, 2.45) is 0 Å². The molecule has 9 heteroatoms. The van der Waals surface area contributed by atoms with Crippen LogP contribution in [0.2, 0.25) is 0 Å². The normalized spacial score (nSPS) is 12.7. The summed E-state index contributed by atoms with van der Waals surface area (Å²) in [7, 11) is 0. The molecule has 0 atom stereocenters. The average Bonchev–Trinajstić information content (AvgIpc) is 2.84. The third kappa shape index (κ3) is 3.15. The number of hydrogen-bond donors (Lipinski definition) is 0. The number of alkyl halides is 7. The van der Waals surface area contributed by atoms with Gasteiger partial charge < -0.3 is 4.52 Å². The third-order valence-electron chi connectivity index (χ3n) is 2.71. The molecule has 2 nitrogen and oxygen atoms in total. The molecule has 2 rings (SSSR count). The second-order valence-corrected chi connectivity index (χ2v) is 4.33. The van der Waals surface area contributed by atoms with Crippen LogP contribution in [0.5, 0.6) is 0 Å². The minimum absolute atomic E-state index is 0.0157. The quantitative estimate of drug-likeness (QED) is 0.564. The highest BCUT2D eigenvalue weighted by molar-refractivity contribution is 6.17. The topological polar surface area (TPSA) is 26.0 Å². The van der Waals surface area contributed by atoms with Crippen molar-refractivity contribution >= 4 is 11.6 Å². The van der Waals surface area contributed by atoms with E-state index in [1.165, 1.54) is 0 Å². The SMILES string of the molecule is FC(F)(F)c1ccc(-c2conc2CCl)c(C(F)(F)F)c1. The van der Waals surface area contributed by atoms with Crippen molar-refractivity contribution in [2.45, 2.75) is 18.2 Å². The van der Waals surface area contributed by atoms with Crippen LogP contribution in [0.1, 0.15) is 16.8 Å². The molecule has 0 radical (unpaired) electrons. The van der Waals surface area contributed by atoms with Crippen molar-refractivity contribution in [1.82, 2.24) is 5.16 Å². The van der Waals surface area contributed by atoms with Crippen LogP contribution in [0.15, 0.2) is 29.0 Å². The van der Waals surface area contributed by atoms with E-state index >= 15 is 0 Å². The van der Waals surface area contributed by atoms with Crippen LogP contribution in [-0.4, -0.2) is 5.16 Å². The maximum absolute atomic E-state index is 13.0. The van der Waals surface area contributed by atoms with Crippen molar-refractivity contribution in [3.05, 3.63) is 41.3 Å². The monoisotopic (exact) mass is 329 g/mol. The van der Waals surface area contributed by atoms with E-state index in [9.17, 15) is 26.3 Å². The summed E-state index contributed by atoms with van der Waals surface area (Å²) in [6, 6.07) is 1.35. The predicted octanol–water partition coefficient (Wildman–Crippen LogP) is 5.12. The molecule has 0 N–H and O–H groups in total. The van der Waals surface area contributed by atoms with Gasteiger partial charge in [0.25, 0.3) is 0 Å². The van der Waals surface area contributed by atoms with Gasteiger partial charge in [-0.3, -0.25) is 0 Å². The molecule has 0 unspecified atom stereocenters. The van der Waals surface area contributed by atoms with Crippen molar-refractivity contribution in [1.29, 1.82) is 0 Å².